The summed E-state index contributed by atoms with van der Waals surface area (Å²) in [5.41, 5.74) is 0. The molecule has 1 aromatic rings. The minimum atomic E-state index is -3.61. The number of amides is 1. The smallest absolute Gasteiger partial charge is 0.243 e. The average molecular weight is 432 g/mol. The Morgan fingerprint density at radius 3 is 2.46 bits per heavy atom. The zero-order valence-corrected chi connectivity index (χ0v) is 17.2. The van der Waals surface area contributed by atoms with Crippen molar-refractivity contribution in [2.24, 2.45) is 11.8 Å². The highest BCUT2D eigenvalue weighted by Gasteiger charge is 2.33. The van der Waals surface area contributed by atoms with Gasteiger partial charge in [-0.1, -0.05) is 0 Å². The van der Waals surface area contributed by atoms with Crippen LogP contribution < -0.4 is 20.1 Å². The summed E-state index contributed by atoms with van der Waals surface area (Å²) in [5, 5.41) is 6.18. The van der Waals surface area contributed by atoms with Crippen LogP contribution in [0.2, 0.25) is 0 Å². The Hall–Kier alpha value is -1.55. The first kappa shape index (κ1) is 21.2. The van der Waals surface area contributed by atoms with Gasteiger partial charge in [0, 0.05) is 50.6 Å². The van der Waals surface area contributed by atoms with E-state index < -0.39 is 10.0 Å². The van der Waals surface area contributed by atoms with E-state index in [-0.39, 0.29) is 29.1 Å². The van der Waals surface area contributed by atoms with E-state index in [0.717, 1.165) is 13.1 Å². The van der Waals surface area contributed by atoms with Gasteiger partial charge in [-0.05, 0) is 25.0 Å². The normalized spacial score (nSPS) is 20.7. The summed E-state index contributed by atoms with van der Waals surface area (Å²) in [4.78, 5) is 12.5. The van der Waals surface area contributed by atoms with E-state index in [1.54, 1.807) is 12.1 Å². The van der Waals surface area contributed by atoms with Crippen molar-refractivity contribution in [1.82, 2.24) is 14.9 Å². The number of rotatable bonds is 5. The van der Waals surface area contributed by atoms with E-state index >= 15 is 0 Å². The number of hydrogen-bond acceptors (Lipinski definition) is 6. The molecule has 3 heterocycles. The first-order valence-corrected chi connectivity index (χ1v) is 10.9. The summed E-state index contributed by atoms with van der Waals surface area (Å²) in [6, 6.07) is 4.71. The molecule has 28 heavy (non-hydrogen) atoms. The molecule has 2 saturated heterocycles. The summed E-state index contributed by atoms with van der Waals surface area (Å²) in [6.45, 7) is 4.17. The number of benzene rings is 1. The summed E-state index contributed by atoms with van der Waals surface area (Å²) < 4.78 is 38.3. The van der Waals surface area contributed by atoms with Gasteiger partial charge in [0.15, 0.2) is 11.5 Å². The second kappa shape index (κ2) is 8.86. The molecule has 0 aliphatic carbocycles. The van der Waals surface area contributed by atoms with Gasteiger partial charge in [0.05, 0.1) is 4.90 Å². The van der Waals surface area contributed by atoms with Crippen molar-refractivity contribution >= 4 is 28.3 Å². The maximum absolute atomic E-state index is 12.9. The predicted octanol–water partition coefficient (Wildman–Crippen LogP) is 0.616. The molecule has 2 N–H and O–H groups in total. The van der Waals surface area contributed by atoms with E-state index in [2.05, 4.69) is 10.6 Å². The van der Waals surface area contributed by atoms with Crippen LogP contribution >= 0.6 is 12.4 Å². The third-order valence-corrected chi connectivity index (χ3v) is 7.30. The maximum atomic E-state index is 12.9. The Balaban J connectivity index is 0.00000225. The molecule has 0 bridgehead atoms. The predicted molar refractivity (Wildman–Crippen MR) is 106 cm³/mol. The molecule has 4 rings (SSSR count). The van der Waals surface area contributed by atoms with Crippen molar-refractivity contribution in [1.29, 1.82) is 0 Å². The molecule has 156 valence electrons. The zero-order chi connectivity index (χ0) is 18.9. The molecule has 0 spiro atoms. The van der Waals surface area contributed by atoms with E-state index in [4.69, 9.17) is 9.47 Å². The van der Waals surface area contributed by atoms with Gasteiger partial charge in [-0.2, -0.15) is 4.31 Å². The first-order chi connectivity index (χ1) is 13.0. The van der Waals surface area contributed by atoms with Crippen LogP contribution in [0.1, 0.15) is 12.8 Å². The molecule has 8 nitrogen and oxygen atoms in total. The van der Waals surface area contributed by atoms with Gasteiger partial charge in [0.1, 0.15) is 13.2 Å². The molecule has 0 atom stereocenters. The molecule has 0 unspecified atom stereocenters. The van der Waals surface area contributed by atoms with E-state index in [0.29, 0.717) is 63.1 Å². The second-order valence-electron chi connectivity index (χ2n) is 7.25. The fraction of sp³-hybridized carbons (Fsp3) is 0.611. The minimum absolute atomic E-state index is 0. The number of piperidine rings is 1. The van der Waals surface area contributed by atoms with E-state index in [1.807, 2.05) is 0 Å². The highest BCUT2D eigenvalue weighted by molar-refractivity contribution is 7.89. The second-order valence-corrected chi connectivity index (χ2v) is 9.19. The standard InChI is InChI=1S/C18H25N3O5S.ClH/c22-18(20-12-13-10-19-11-13)14-3-5-21(6-4-14)27(23,24)15-1-2-16-17(9-15)26-8-7-25-16;/h1-2,9,13-14,19H,3-8,10-12H2,(H,20,22);1H. The Labute approximate surface area is 171 Å². The molecule has 0 aromatic heterocycles. The van der Waals surface area contributed by atoms with E-state index in [1.165, 1.54) is 10.4 Å². The van der Waals surface area contributed by atoms with Crippen LogP contribution in [0.4, 0.5) is 0 Å². The number of ether oxygens (including phenoxy) is 2. The van der Waals surface area contributed by atoms with Crippen LogP contribution in [0.5, 0.6) is 11.5 Å². The van der Waals surface area contributed by atoms with Crippen LogP contribution in [0.25, 0.3) is 0 Å². The number of fused-ring (bicyclic) bond motifs is 1. The highest BCUT2D eigenvalue weighted by atomic mass is 35.5. The quantitative estimate of drug-likeness (QED) is 0.709. The summed E-state index contributed by atoms with van der Waals surface area (Å²) >= 11 is 0. The van der Waals surface area contributed by atoms with Crippen molar-refractivity contribution in [3.63, 3.8) is 0 Å². The molecule has 2 fully saturated rings. The van der Waals surface area contributed by atoms with Gasteiger partial charge in [0.2, 0.25) is 15.9 Å². The summed E-state index contributed by atoms with van der Waals surface area (Å²) in [5.74, 6) is 1.46. The van der Waals surface area contributed by atoms with Crippen LogP contribution in [0.3, 0.4) is 0 Å². The fourth-order valence-corrected chi connectivity index (χ4v) is 5.06. The van der Waals surface area contributed by atoms with Crippen molar-refractivity contribution in [2.45, 2.75) is 17.7 Å². The number of halogens is 1. The third-order valence-electron chi connectivity index (χ3n) is 5.41. The van der Waals surface area contributed by atoms with Crippen molar-refractivity contribution in [3.05, 3.63) is 18.2 Å². The zero-order valence-electron chi connectivity index (χ0n) is 15.6. The lowest BCUT2D eigenvalue weighted by Gasteiger charge is -2.32. The number of hydrogen-bond donors (Lipinski definition) is 2. The van der Waals surface area contributed by atoms with Crippen molar-refractivity contribution in [2.75, 3.05) is 45.9 Å². The van der Waals surface area contributed by atoms with Gasteiger partial charge in [-0.15, -0.1) is 12.4 Å². The van der Waals surface area contributed by atoms with Crippen LogP contribution in [0.15, 0.2) is 23.1 Å². The molecule has 1 aromatic carbocycles. The van der Waals surface area contributed by atoms with Crippen LogP contribution in [-0.4, -0.2) is 64.6 Å². The van der Waals surface area contributed by atoms with Crippen molar-refractivity contribution in [3.8, 4) is 11.5 Å². The van der Waals surface area contributed by atoms with Gasteiger partial charge < -0.3 is 20.1 Å². The molecule has 1 amide bonds. The van der Waals surface area contributed by atoms with Gasteiger partial charge >= 0.3 is 0 Å². The Kier molecular flexibility index (Phi) is 6.69. The average Bonchev–Trinajstić information content (AvgIpc) is 2.66. The Morgan fingerprint density at radius 1 is 1.14 bits per heavy atom. The third kappa shape index (κ3) is 4.37. The molecule has 0 saturated carbocycles. The van der Waals surface area contributed by atoms with Gasteiger partial charge in [-0.25, -0.2) is 8.42 Å². The summed E-state index contributed by atoms with van der Waals surface area (Å²) in [7, 11) is -3.61. The Bertz CT molecular complexity index is 807. The van der Waals surface area contributed by atoms with Crippen LogP contribution in [-0.2, 0) is 14.8 Å². The Morgan fingerprint density at radius 2 is 1.82 bits per heavy atom. The number of carbonyl (C=O) groups excluding carboxylic acids is 1. The van der Waals surface area contributed by atoms with E-state index in [9.17, 15) is 13.2 Å². The lowest BCUT2D eigenvalue weighted by atomic mass is 9.96. The van der Waals surface area contributed by atoms with Crippen LogP contribution in [0, 0.1) is 11.8 Å². The van der Waals surface area contributed by atoms with Gasteiger partial charge in [-0.3, -0.25) is 4.79 Å². The lowest BCUT2D eigenvalue weighted by Crippen LogP contribution is -2.50. The molecule has 0 radical (unpaired) electrons. The lowest BCUT2D eigenvalue weighted by molar-refractivity contribution is -0.126. The largest absolute Gasteiger partial charge is 0.486 e. The van der Waals surface area contributed by atoms with Gasteiger partial charge in [0.25, 0.3) is 0 Å². The SMILES string of the molecule is Cl.O=C(NCC1CNC1)C1CCN(S(=O)(=O)c2ccc3c(c2)OCCO3)CC1. The van der Waals surface area contributed by atoms with Crippen molar-refractivity contribution < 1.29 is 22.7 Å². The highest BCUT2D eigenvalue weighted by Crippen LogP contribution is 2.34. The monoisotopic (exact) mass is 431 g/mol. The molecular weight excluding hydrogens is 406 g/mol. The molecule has 10 heteroatoms. The topological polar surface area (TPSA) is 97.0 Å². The fourth-order valence-electron chi connectivity index (χ4n) is 3.57. The summed E-state index contributed by atoms with van der Waals surface area (Å²) in [6.07, 6.45) is 1.08. The minimum Gasteiger partial charge on any atom is -0.486 e. The molecular formula is C18H26ClN3O5S. The number of sulfonamides is 1. The number of nitrogens with zero attached hydrogens (tertiary/aromatic N) is 1. The number of nitrogens with one attached hydrogen (secondary N) is 2. The molecule has 3 aliphatic heterocycles. The maximum Gasteiger partial charge on any atom is 0.243 e. The molecule has 3 aliphatic rings. The first-order valence-electron chi connectivity index (χ1n) is 9.42. The number of carbonyl (C=O) groups is 1.